The molecule has 1 atom stereocenters. The molecule has 1 N–H and O–H groups in total. The van der Waals surface area contributed by atoms with Gasteiger partial charge in [-0.2, -0.15) is 4.98 Å². The Morgan fingerprint density at radius 2 is 2.47 bits per heavy atom. The van der Waals surface area contributed by atoms with Crippen LogP contribution in [0.4, 0.5) is 0 Å². The molecule has 0 aromatic carbocycles. The lowest BCUT2D eigenvalue weighted by atomic mass is 9.87. The van der Waals surface area contributed by atoms with E-state index in [0.29, 0.717) is 11.5 Å². The zero-order chi connectivity index (χ0) is 10.7. The lowest BCUT2D eigenvalue weighted by Gasteiger charge is -2.27. The third kappa shape index (κ3) is 2.56. The van der Waals surface area contributed by atoms with Gasteiger partial charge in [-0.25, -0.2) is 0 Å². The first-order valence-corrected chi connectivity index (χ1v) is 5.67. The molecule has 0 amide bonds. The van der Waals surface area contributed by atoms with Gasteiger partial charge in [0.1, 0.15) is 0 Å². The monoisotopic (exact) mass is 209 g/mol. The van der Waals surface area contributed by atoms with Crippen LogP contribution in [0.2, 0.25) is 0 Å². The van der Waals surface area contributed by atoms with E-state index >= 15 is 0 Å². The van der Waals surface area contributed by atoms with Crippen molar-refractivity contribution in [2.24, 2.45) is 5.41 Å². The van der Waals surface area contributed by atoms with Gasteiger partial charge >= 0.3 is 0 Å². The number of rotatable bonds is 4. The smallest absolute Gasteiger partial charge is 0.227 e. The Kier molecular flexibility index (Phi) is 3.05. The maximum absolute atomic E-state index is 4.95. The van der Waals surface area contributed by atoms with Crippen LogP contribution in [0.3, 0.4) is 0 Å². The van der Waals surface area contributed by atoms with Gasteiger partial charge in [0, 0.05) is 19.0 Å². The van der Waals surface area contributed by atoms with Crippen LogP contribution in [0.1, 0.15) is 39.0 Å². The Hall–Kier alpha value is -0.900. The van der Waals surface area contributed by atoms with Gasteiger partial charge in [-0.3, -0.25) is 0 Å². The van der Waals surface area contributed by atoms with Crippen molar-refractivity contribution in [3.8, 4) is 0 Å². The summed E-state index contributed by atoms with van der Waals surface area (Å²) < 4.78 is 4.95. The summed E-state index contributed by atoms with van der Waals surface area (Å²) >= 11 is 0. The summed E-state index contributed by atoms with van der Waals surface area (Å²) in [5.41, 5.74) is 0.439. The Labute approximate surface area is 90.4 Å². The first-order valence-electron chi connectivity index (χ1n) is 5.67. The molecule has 4 heteroatoms. The van der Waals surface area contributed by atoms with Gasteiger partial charge in [0.05, 0.1) is 0 Å². The second-order valence-corrected chi connectivity index (χ2v) is 4.97. The van der Waals surface area contributed by atoms with Crippen LogP contribution >= 0.6 is 0 Å². The molecule has 0 radical (unpaired) electrons. The second kappa shape index (κ2) is 4.31. The van der Waals surface area contributed by atoms with Crippen molar-refractivity contribution < 1.29 is 4.52 Å². The lowest BCUT2D eigenvalue weighted by Crippen LogP contribution is -2.38. The summed E-state index contributed by atoms with van der Waals surface area (Å²) in [4.78, 5) is 4.00. The fourth-order valence-electron chi connectivity index (χ4n) is 2.36. The molecule has 2 rings (SSSR count). The predicted molar refractivity (Wildman–Crippen MR) is 57.4 cm³/mol. The summed E-state index contributed by atoms with van der Waals surface area (Å²) in [6, 6.07) is 0.639. The van der Waals surface area contributed by atoms with Crippen molar-refractivity contribution >= 4 is 0 Å². The Balaban J connectivity index is 1.74. The average Bonchev–Trinajstić information content (AvgIpc) is 2.77. The van der Waals surface area contributed by atoms with Gasteiger partial charge in [0.2, 0.25) is 5.89 Å². The van der Waals surface area contributed by atoms with Gasteiger partial charge in [0.15, 0.2) is 6.33 Å². The minimum absolute atomic E-state index is 0.439. The first kappa shape index (κ1) is 10.6. The van der Waals surface area contributed by atoms with Crippen molar-refractivity contribution in [2.45, 2.75) is 45.6 Å². The zero-order valence-corrected chi connectivity index (χ0v) is 9.49. The Bertz CT molecular complexity index is 295. The number of nitrogens with zero attached hydrogens (tertiary/aromatic N) is 2. The molecule has 1 aromatic rings. The van der Waals surface area contributed by atoms with E-state index in [9.17, 15) is 0 Å². The SMILES string of the molecule is CC1(C)CCCC1NCCc1ncno1. The molecule has 4 nitrogen and oxygen atoms in total. The molecule has 0 bridgehead atoms. The van der Waals surface area contributed by atoms with E-state index in [-0.39, 0.29) is 0 Å². The molecule has 0 aliphatic heterocycles. The molecular weight excluding hydrogens is 190 g/mol. The number of hydrogen-bond acceptors (Lipinski definition) is 4. The third-order valence-corrected chi connectivity index (χ3v) is 3.39. The summed E-state index contributed by atoms with van der Waals surface area (Å²) in [6.07, 6.45) is 6.23. The molecule has 1 heterocycles. The first-order chi connectivity index (χ1) is 7.18. The minimum atomic E-state index is 0.439. The van der Waals surface area contributed by atoms with Crippen LogP contribution < -0.4 is 5.32 Å². The van der Waals surface area contributed by atoms with Gasteiger partial charge < -0.3 is 9.84 Å². The lowest BCUT2D eigenvalue weighted by molar-refractivity contribution is 0.281. The second-order valence-electron chi connectivity index (χ2n) is 4.97. The highest BCUT2D eigenvalue weighted by molar-refractivity contribution is 4.90. The third-order valence-electron chi connectivity index (χ3n) is 3.39. The van der Waals surface area contributed by atoms with Crippen LogP contribution in [0, 0.1) is 5.41 Å². The van der Waals surface area contributed by atoms with Gasteiger partial charge in [-0.05, 0) is 18.3 Å². The highest BCUT2D eigenvalue weighted by Gasteiger charge is 2.33. The molecule has 1 fully saturated rings. The average molecular weight is 209 g/mol. The number of hydrogen-bond donors (Lipinski definition) is 1. The van der Waals surface area contributed by atoms with Crippen molar-refractivity contribution in [3.05, 3.63) is 12.2 Å². The predicted octanol–water partition coefficient (Wildman–Crippen LogP) is 1.78. The molecule has 1 saturated carbocycles. The molecule has 0 saturated heterocycles. The van der Waals surface area contributed by atoms with E-state index in [1.165, 1.54) is 25.6 Å². The van der Waals surface area contributed by atoms with Crippen LogP contribution in [0.5, 0.6) is 0 Å². The van der Waals surface area contributed by atoms with Crippen LogP contribution in [-0.4, -0.2) is 22.7 Å². The van der Waals surface area contributed by atoms with Crippen molar-refractivity contribution in [2.75, 3.05) is 6.54 Å². The van der Waals surface area contributed by atoms with E-state index in [2.05, 4.69) is 29.3 Å². The Morgan fingerprint density at radius 1 is 1.60 bits per heavy atom. The summed E-state index contributed by atoms with van der Waals surface area (Å²) in [5, 5.41) is 7.17. The van der Waals surface area contributed by atoms with Gasteiger partial charge in [-0.15, -0.1) is 0 Å². The maximum Gasteiger partial charge on any atom is 0.227 e. The normalized spacial score (nSPS) is 24.5. The molecule has 0 spiro atoms. The topological polar surface area (TPSA) is 51.0 Å². The number of nitrogens with one attached hydrogen (secondary N) is 1. The van der Waals surface area contributed by atoms with Crippen LogP contribution in [0.25, 0.3) is 0 Å². The summed E-state index contributed by atoms with van der Waals surface area (Å²) in [6.45, 7) is 5.60. The maximum atomic E-state index is 4.95. The summed E-state index contributed by atoms with van der Waals surface area (Å²) in [7, 11) is 0. The standard InChI is InChI=1S/C11H19N3O/c1-11(2)6-3-4-9(11)12-7-5-10-13-8-14-15-10/h8-9,12H,3-7H2,1-2H3. The van der Waals surface area contributed by atoms with E-state index in [0.717, 1.165) is 18.9 Å². The van der Waals surface area contributed by atoms with E-state index in [1.807, 2.05) is 0 Å². The van der Waals surface area contributed by atoms with Crippen LogP contribution in [0.15, 0.2) is 10.9 Å². The molecule has 15 heavy (non-hydrogen) atoms. The minimum Gasteiger partial charge on any atom is -0.340 e. The quantitative estimate of drug-likeness (QED) is 0.821. The largest absolute Gasteiger partial charge is 0.340 e. The molecule has 1 aliphatic rings. The highest BCUT2D eigenvalue weighted by atomic mass is 16.5. The van der Waals surface area contributed by atoms with Crippen molar-refractivity contribution in [1.29, 1.82) is 0 Å². The van der Waals surface area contributed by atoms with Crippen molar-refractivity contribution in [3.63, 3.8) is 0 Å². The highest BCUT2D eigenvalue weighted by Crippen LogP contribution is 2.36. The fraction of sp³-hybridized carbons (Fsp3) is 0.818. The van der Waals surface area contributed by atoms with Gasteiger partial charge in [-0.1, -0.05) is 25.4 Å². The van der Waals surface area contributed by atoms with Crippen LogP contribution in [-0.2, 0) is 6.42 Å². The molecule has 1 aromatic heterocycles. The van der Waals surface area contributed by atoms with Gasteiger partial charge in [0.25, 0.3) is 0 Å². The zero-order valence-electron chi connectivity index (χ0n) is 9.49. The van der Waals surface area contributed by atoms with E-state index in [4.69, 9.17) is 4.52 Å². The molecule has 84 valence electrons. The van der Waals surface area contributed by atoms with Crippen molar-refractivity contribution in [1.82, 2.24) is 15.5 Å². The van der Waals surface area contributed by atoms with E-state index < -0.39 is 0 Å². The number of aromatic nitrogens is 2. The molecule has 1 unspecified atom stereocenters. The Morgan fingerprint density at radius 3 is 3.07 bits per heavy atom. The summed E-state index contributed by atoms with van der Waals surface area (Å²) in [5.74, 6) is 0.721. The molecule has 1 aliphatic carbocycles. The van der Waals surface area contributed by atoms with E-state index in [1.54, 1.807) is 0 Å². The molecular formula is C11H19N3O. The fourth-order valence-corrected chi connectivity index (χ4v) is 2.36.